The molecule has 6 nitrogen and oxygen atoms in total. The van der Waals surface area contributed by atoms with Gasteiger partial charge in [-0.3, -0.25) is 9.69 Å². The number of likely N-dealkylation sites (tertiary alicyclic amines) is 1. The van der Waals surface area contributed by atoms with Gasteiger partial charge in [-0.25, -0.2) is 4.39 Å². The van der Waals surface area contributed by atoms with E-state index in [4.69, 9.17) is 28.0 Å². The van der Waals surface area contributed by atoms with Crippen molar-refractivity contribution in [2.45, 2.75) is 43.2 Å². The van der Waals surface area contributed by atoms with Crippen molar-refractivity contribution in [2.75, 3.05) is 19.6 Å². The average Bonchev–Trinajstić information content (AvgIpc) is 3.26. The van der Waals surface area contributed by atoms with E-state index in [9.17, 15) is 40.6 Å². The molecule has 15 heteroatoms. The van der Waals surface area contributed by atoms with Crippen LogP contribution < -0.4 is 5.32 Å². The van der Waals surface area contributed by atoms with Crippen LogP contribution >= 0.6 is 23.2 Å². The summed E-state index contributed by atoms with van der Waals surface area (Å²) in [6.45, 7) is -1.10. The van der Waals surface area contributed by atoms with Crippen molar-refractivity contribution in [1.29, 1.82) is 0 Å². The number of benzene rings is 2. The lowest BCUT2D eigenvalue weighted by Gasteiger charge is -2.47. The molecule has 0 bridgehead atoms. The summed E-state index contributed by atoms with van der Waals surface area (Å²) in [6, 6.07) is 7.54. The molecule has 0 spiro atoms. The number of aliphatic hydroxyl groups excluding tert-OH is 1. The second kappa shape index (κ2) is 10.1. The molecule has 2 aromatic carbocycles. The highest BCUT2D eigenvalue weighted by Gasteiger charge is 2.64. The molecule has 4 rings (SSSR count). The van der Waals surface area contributed by atoms with E-state index >= 15 is 0 Å². The first-order valence-electron chi connectivity index (χ1n) is 11.3. The molecular weight excluding hydrogens is 582 g/mol. The topological polar surface area (TPSA) is 74.2 Å². The van der Waals surface area contributed by atoms with Gasteiger partial charge in [0.2, 0.25) is 5.67 Å². The fraction of sp³-hybridized carbons (Fsp3) is 0.417. The van der Waals surface area contributed by atoms with Gasteiger partial charge in [0.1, 0.15) is 6.23 Å². The van der Waals surface area contributed by atoms with Gasteiger partial charge in [0.25, 0.3) is 11.5 Å². The number of hydrogen-bond acceptors (Lipinski definition) is 5. The zero-order valence-electron chi connectivity index (χ0n) is 19.9. The number of hydrogen-bond donors (Lipinski definition) is 2. The minimum atomic E-state index is -5.07. The Hall–Kier alpha value is -2.61. The maximum atomic E-state index is 14.2. The standard InChI is InChI=1S/C24H20Cl2F7N3O3/c1-12-4-13(18-8-22(39-35-18,24(31,32)33)14-5-15(25)7-16(26)6-14)2-3-17(12)20(38)34-9-19(37)36-10-21(27,11-36)23(28,29)30/h2-7,19,37H,8-11H2,1H3,(H,34,38). The third-order valence-electron chi connectivity index (χ3n) is 6.60. The van der Waals surface area contributed by atoms with Gasteiger partial charge in [-0.15, -0.1) is 0 Å². The van der Waals surface area contributed by atoms with Crippen LogP contribution in [-0.2, 0) is 10.4 Å². The Balaban J connectivity index is 1.43. The summed E-state index contributed by atoms with van der Waals surface area (Å²) in [7, 11) is 0. The highest BCUT2D eigenvalue weighted by atomic mass is 35.5. The van der Waals surface area contributed by atoms with Gasteiger partial charge in [-0.05, 0) is 48.4 Å². The Morgan fingerprint density at radius 3 is 2.26 bits per heavy atom. The summed E-state index contributed by atoms with van der Waals surface area (Å²) in [4.78, 5) is 18.4. The lowest BCUT2D eigenvalue weighted by atomic mass is 9.86. The lowest BCUT2D eigenvalue weighted by molar-refractivity contribution is -0.285. The van der Waals surface area contributed by atoms with E-state index in [0.29, 0.717) is 5.56 Å². The molecule has 0 aromatic heterocycles. The van der Waals surface area contributed by atoms with E-state index < -0.39 is 61.8 Å². The van der Waals surface area contributed by atoms with E-state index in [0.717, 1.165) is 17.0 Å². The highest BCUT2D eigenvalue weighted by molar-refractivity contribution is 6.34. The molecular formula is C24H20Cl2F7N3O3. The Morgan fingerprint density at radius 2 is 1.72 bits per heavy atom. The molecule has 2 heterocycles. The van der Waals surface area contributed by atoms with Gasteiger partial charge in [0.05, 0.1) is 12.3 Å². The first kappa shape index (κ1) is 29.4. The molecule has 1 saturated heterocycles. The molecule has 212 valence electrons. The average molecular weight is 602 g/mol. The van der Waals surface area contributed by atoms with Gasteiger partial charge in [-0.2, -0.15) is 26.3 Å². The summed E-state index contributed by atoms with van der Waals surface area (Å²) in [5, 5.41) is 16.0. The van der Waals surface area contributed by atoms with Crippen molar-refractivity contribution in [3.8, 4) is 0 Å². The van der Waals surface area contributed by atoms with Crippen molar-refractivity contribution in [3.05, 3.63) is 68.7 Å². The minimum absolute atomic E-state index is 0.0204. The number of carbonyl (C=O) groups excluding carboxylic acids is 1. The van der Waals surface area contributed by atoms with E-state index in [-0.39, 0.29) is 32.4 Å². The number of nitrogens with zero attached hydrogens (tertiary/aromatic N) is 2. The number of rotatable bonds is 6. The molecule has 2 aliphatic heterocycles. The quantitative estimate of drug-likeness (QED) is 0.428. The van der Waals surface area contributed by atoms with Crippen LogP contribution in [0.25, 0.3) is 0 Å². The minimum Gasteiger partial charge on any atom is -0.376 e. The summed E-state index contributed by atoms with van der Waals surface area (Å²) in [5.74, 6) is -0.705. The number of nitrogens with one attached hydrogen (secondary N) is 1. The van der Waals surface area contributed by atoms with Crippen LogP contribution in [-0.4, -0.2) is 65.5 Å². The predicted octanol–water partition coefficient (Wildman–Crippen LogP) is 5.52. The van der Waals surface area contributed by atoms with E-state index in [1.807, 2.05) is 0 Å². The number of alkyl halides is 7. The molecule has 1 amide bonds. The van der Waals surface area contributed by atoms with Crippen molar-refractivity contribution in [2.24, 2.45) is 5.16 Å². The molecule has 1 fully saturated rings. The number of aliphatic hydroxyl groups is 1. The molecule has 0 aliphatic carbocycles. The third kappa shape index (κ3) is 5.54. The Morgan fingerprint density at radius 1 is 1.10 bits per heavy atom. The summed E-state index contributed by atoms with van der Waals surface area (Å²) < 4.78 is 94.2. The van der Waals surface area contributed by atoms with E-state index in [1.54, 1.807) is 0 Å². The molecule has 2 aliphatic rings. The third-order valence-corrected chi connectivity index (χ3v) is 7.04. The highest BCUT2D eigenvalue weighted by Crippen LogP contribution is 2.49. The monoisotopic (exact) mass is 601 g/mol. The van der Waals surface area contributed by atoms with Gasteiger partial charge >= 0.3 is 12.4 Å². The number of halogens is 9. The second-order valence-corrected chi connectivity index (χ2v) is 10.3. The molecule has 2 atom stereocenters. The fourth-order valence-corrected chi connectivity index (χ4v) is 4.87. The second-order valence-electron chi connectivity index (χ2n) is 9.38. The Kier molecular flexibility index (Phi) is 7.60. The van der Waals surface area contributed by atoms with E-state index in [2.05, 4.69) is 10.5 Å². The molecule has 2 unspecified atom stereocenters. The number of aryl methyl sites for hydroxylation is 1. The molecule has 0 saturated carbocycles. The summed E-state index contributed by atoms with van der Waals surface area (Å²) in [5.41, 5.74) is -5.97. The van der Waals surface area contributed by atoms with E-state index in [1.165, 1.54) is 31.2 Å². The van der Waals surface area contributed by atoms with Crippen LogP contribution in [0.2, 0.25) is 10.0 Å². The molecule has 0 radical (unpaired) electrons. The smallest absolute Gasteiger partial charge is 0.376 e. The summed E-state index contributed by atoms with van der Waals surface area (Å²) >= 11 is 11.8. The summed E-state index contributed by atoms with van der Waals surface area (Å²) in [6.07, 6.45) is -12.2. The Bertz CT molecular complexity index is 1290. The van der Waals surface area contributed by atoms with Gasteiger partial charge < -0.3 is 15.3 Å². The van der Waals surface area contributed by atoms with Crippen molar-refractivity contribution in [1.82, 2.24) is 10.2 Å². The van der Waals surface area contributed by atoms with Crippen molar-refractivity contribution >= 4 is 34.8 Å². The maximum absolute atomic E-state index is 14.2. The Labute approximate surface area is 227 Å². The predicted molar refractivity (Wildman–Crippen MR) is 127 cm³/mol. The lowest BCUT2D eigenvalue weighted by Crippen LogP contribution is -2.69. The first-order chi connectivity index (χ1) is 18.0. The van der Waals surface area contributed by atoms with Crippen LogP contribution in [0, 0.1) is 6.92 Å². The molecule has 2 aromatic rings. The van der Waals surface area contributed by atoms with Crippen LogP contribution in [0.4, 0.5) is 30.7 Å². The van der Waals surface area contributed by atoms with Gasteiger partial charge in [0, 0.05) is 40.7 Å². The van der Waals surface area contributed by atoms with Crippen LogP contribution in [0.1, 0.15) is 33.5 Å². The zero-order valence-corrected chi connectivity index (χ0v) is 21.4. The number of amides is 1. The SMILES string of the molecule is Cc1cc(C2=NOC(c3cc(Cl)cc(Cl)c3)(C(F)(F)F)C2)ccc1C(=O)NCC(O)N1CC(F)(C(F)(F)F)C1. The van der Waals surface area contributed by atoms with Crippen LogP contribution in [0.3, 0.4) is 0 Å². The van der Waals surface area contributed by atoms with Crippen LogP contribution in [0.15, 0.2) is 41.6 Å². The van der Waals surface area contributed by atoms with Gasteiger partial charge in [-0.1, -0.05) is 34.4 Å². The number of oxime groups is 1. The zero-order chi connectivity index (χ0) is 29.0. The fourth-order valence-electron chi connectivity index (χ4n) is 4.34. The first-order valence-corrected chi connectivity index (χ1v) is 12.1. The van der Waals surface area contributed by atoms with Crippen molar-refractivity contribution in [3.63, 3.8) is 0 Å². The molecule has 39 heavy (non-hydrogen) atoms. The normalized spacial score (nSPS) is 22.1. The van der Waals surface area contributed by atoms with Gasteiger partial charge in [0.15, 0.2) is 0 Å². The van der Waals surface area contributed by atoms with Crippen LogP contribution in [0.5, 0.6) is 0 Å². The molecule has 2 N–H and O–H groups in total. The van der Waals surface area contributed by atoms with Crippen molar-refractivity contribution < 1.29 is 45.5 Å². The maximum Gasteiger partial charge on any atom is 0.435 e. The number of carbonyl (C=O) groups is 1. The largest absolute Gasteiger partial charge is 0.435 e.